The van der Waals surface area contributed by atoms with E-state index in [0.717, 1.165) is 0 Å². The Hall–Kier alpha value is -2.64. The molecule has 0 saturated carbocycles. The van der Waals surface area contributed by atoms with Crippen molar-refractivity contribution in [1.82, 2.24) is 5.32 Å². The Balaban J connectivity index is 3.25. The van der Waals surface area contributed by atoms with Crippen LogP contribution in [0, 0.1) is 15.5 Å². The number of nitro groups is 1. The van der Waals surface area contributed by atoms with Crippen LogP contribution >= 0.6 is 0 Å². The molecule has 0 spiro atoms. The predicted molar refractivity (Wildman–Crippen MR) is 86.6 cm³/mol. The molecule has 8 nitrogen and oxygen atoms in total. The summed E-state index contributed by atoms with van der Waals surface area (Å²) in [7, 11) is 0. The van der Waals surface area contributed by atoms with E-state index in [-0.39, 0.29) is 5.69 Å². The molecule has 132 valence electrons. The number of nitro benzene ring substituents is 1. The Kier molecular flexibility index (Phi) is 5.54. The summed E-state index contributed by atoms with van der Waals surface area (Å²) in [5.41, 5.74) is -2.05. The van der Waals surface area contributed by atoms with E-state index in [1.165, 1.54) is 38.1 Å². The van der Waals surface area contributed by atoms with E-state index in [9.17, 15) is 24.8 Å². The fourth-order valence-electron chi connectivity index (χ4n) is 2.05. The number of amides is 1. The number of carbonyl (C=O) groups is 2. The highest BCUT2D eigenvalue weighted by atomic mass is 16.6. The number of aliphatic carboxylic acids is 1. The number of carboxylic acid groups (broad SMARTS) is 1. The molecule has 0 aliphatic rings. The summed E-state index contributed by atoms with van der Waals surface area (Å²) in [6, 6.07) is 4.49. The maximum atomic E-state index is 12.1. The number of hydrogen-bond acceptors (Lipinski definition) is 5. The van der Waals surface area contributed by atoms with Gasteiger partial charge in [-0.15, -0.1) is 0 Å². The molecule has 0 aromatic heterocycles. The van der Waals surface area contributed by atoms with Gasteiger partial charge in [0, 0.05) is 12.1 Å². The molecule has 0 radical (unpaired) electrons. The Bertz CT molecular complexity index is 648. The molecule has 2 N–H and O–H groups in total. The zero-order valence-electron chi connectivity index (χ0n) is 14.3. The van der Waals surface area contributed by atoms with Crippen molar-refractivity contribution in [3.8, 4) is 0 Å². The lowest BCUT2D eigenvalue weighted by Crippen LogP contribution is -2.44. The van der Waals surface area contributed by atoms with Crippen molar-refractivity contribution >= 4 is 17.7 Å². The summed E-state index contributed by atoms with van der Waals surface area (Å²) >= 11 is 0. The number of carbonyl (C=O) groups excluding carboxylic acids is 1. The van der Waals surface area contributed by atoms with E-state index < -0.39 is 34.0 Å². The van der Waals surface area contributed by atoms with Crippen molar-refractivity contribution < 1.29 is 24.4 Å². The zero-order chi connectivity index (χ0) is 18.7. The molecule has 1 aromatic rings. The molecule has 1 rings (SSSR count). The summed E-state index contributed by atoms with van der Waals surface area (Å²) in [5, 5.41) is 22.9. The first-order valence-electron chi connectivity index (χ1n) is 7.32. The molecule has 24 heavy (non-hydrogen) atoms. The van der Waals surface area contributed by atoms with Crippen LogP contribution < -0.4 is 5.32 Å². The highest BCUT2D eigenvalue weighted by Gasteiger charge is 2.40. The Morgan fingerprint density at radius 1 is 1.25 bits per heavy atom. The van der Waals surface area contributed by atoms with Crippen LogP contribution in [0.4, 0.5) is 10.5 Å². The van der Waals surface area contributed by atoms with Gasteiger partial charge in [0.1, 0.15) is 5.60 Å². The van der Waals surface area contributed by atoms with E-state index in [2.05, 4.69) is 5.32 Å². The highest BCUT2D eigenvalue weighted by molar-refractivity contribution is 5.77. The number of non-ortho nitro benzene ring substituents is 1. The van der Waals surface area contributed by atoms with Gasteiger partial charge in [0.2, 0.25) is 0 Å². The second kappa shape index (κ2) is 6.86. The normalized spacial score (nSPS) is 13.0. The molecule has 0 fully saturated rings. The first-order chi connectivity index (χ1) is 10.8. The number of ether oxygens (including phenoxy) is 1. The monoisotopic (exact) mass is 338 g/mol. The quantitative estimate of drug-likeness (QED) is 0.628. The molecular weight excluding hydrogens is 316 g/mol. The fraction of sp³-hybridized carbons (Fsp3) is 0.500. The molecule has 0 bridgehead atoms. The molecule has 1 unspecified atom stereocenters. The van der Waals surface area contributed by atoms with Gasteiger partial charge >= 0.3 is 12.1 Å². The zero-order valence-corrected chi connectivity index (χ0v) is 14.3. The number of nitrogens with zero attached hydrogens (tertiary/aromatic N) is 1. The number of hydrogen-bond donors (Lipinski definition) is 2. The lowest BCUT2D eigenvalue weighted by Gasteiger charge is -2.32. The van der Waals surface area contributed by atoms with Gasteiger partial charge in [-0.1, -0.05) is 12.1 Å². The summed E-state index contributed by atoms with van der Waals surface area (Å²) in [6.45, 7) is 7.89. The van der Waals surface area contributed by atoms with Crippen LogP contribution in [-0.4, -0.2) is 27.7 Å². The maximum Gasteiger partial charge on any atom is 0.408 e. The molecule has 0 heterocycles. The fourth-order valence-corrected chi connectivity index (χ4v) is 2.05. The Morgan fingerprint density at radius 2 is 1.83 bits per heavy atom. The molecule has 0 aliphatic heterocycles. The standard InChI is InChI=1S/C16H22N2O6/c1-15(2,3)24-14(21)17-12(16(4,5)13(19)20)10-7-6-8-11(9-10)18(22)23/h6-9,12H,1-5H3,(H,17,21)(H,19,20). The third kappa shape index (κ3) is 4.94. The van der Waals surface area contributed by atoms with Crippen LogP contribution in [0.1, 0.15) is 46.2 Å². The topological polar surface area (TPSA) is 119 Å². The van der Waals surface area contributed by atoms with Gasteiger partial charge in [-0.2, -0.15) is 0 Å². The number of benzene rings is 1. The van der Waals surface area contributed by atoms with Gasteiger partial charge < -0.3 is 15.2 Å². The third-order valence-corrected chi connectivity index (χ3v) is 3.35. The van der Waals surface area contributed by atoms with Crippen molar-refractivity contribution in [3.05, 3.63) is 39.9 Å². The molecule has 1 aromatic carbocycles. The number of carboxylic acids is 1. The average molecular weight is 338 g/mol. The van der Waals surface area contributed by atoms with Gasteiger partial charge in [0.15, 0.2) is 0 Å². The van der Waals surface area contributed by atoms with E-state index in [1.807, 2.05) is 0 Å². The van der Waals surface area contributed by atoms with Crippen molar-refractivity contribution in [2.75, 3.05) is 0 Å². The average Bonchev–Trinajstić information content (AvgIpc) is 2.42. The van der Waals surface area contributed by atoms with Crippen LogP contribution in [0.5, 0.6) is 0 Å². The molecular formula is C16H22N2O6. The molecule has 0 aliphatic carbocycles. The van der Waals surface area contributed by atoms with E-state index in [4.69, 9.17) is 4.74 Å². The van der Waals surface area contributed by atoms with E-state index in [0.29, 0.717) is 5.56 Å². The van der Waals surface area contributed by atoms with Crippen molar-refractivity contribution in [2.45, 2.75) is 46.3 Å². The minimum Gasteiger partial charge on any atom is -0.481 e. The first-order valence-corrected chi connectivity index (χ1v) is 7.32. The minimum absolute atomic E-state index is 0.190. The second-order valence-electron chi connectivity index (χ2n) is 6.96. The summed E-state index contributed by atoms with van der Waals surface area (Å²) < 4.78 is 5.17. The molecule has 1 atom stereocenters. The van der Waals surface area contributed by atoms with Gasteiger partial charge in [-0.3, -0.25) is 14.9 Å². The lowest BCUT2D eigenvalue weighted by molar-refractivity contribution is -0.385. The van der Waals surface area contributed by atoms with Gasteiger partial charge in [-0.25, -0.2) is 4.79 Å². The van der Waals surface area contributed by atoms with Gasteiger partial charge in [-0.05, 0) is 40.2 Å². The summed E-state index contributed by atoms with van der Waals surface area (Å²) in [6.07, 6.45) is -0.798. The van der Waals surface area contributed by atoms with Crippen LogP contribution in [0.25, 0.3) is 0 Å². The smallest absolute Gasteiger partial charge is 0.408 e. The highest BCUT2D eigenvalue weighted by Crippen LogP contribution is 2.35. The van der Waals surface area contributed by atoms with Crippen LogP contribution in [-0.2, 0) is 9.53 Å². The molecule has 0 saturated heterocycles. The Labute approximate surface area is 140 Å². The van der Waals surface area contributed by atoms with Gasteiger partial charge in [0.05, 0.1) is 16.4 Å². The SMILES string of the molecule is CC(C)(C)OC(=O)NC(c1cccc([N+](=O)[O-])c1)C(C)(C)C(=O)O. The van der Waals surface area contributed by atoms with Gasteiger partial charge in [0.25, 0.3) is 5.69 Å². The number of nitrogens with one attached hydrogen (secondary N) is 1. The second-order valence-corrected chi connectivity index (χ2v) is 6.96. The van der Waals surface area contributed by atoms with Crippen LogP contribution in [0.2, 0.25) is 0 Å². The van der Waals surface area contributed by atoms with Crippen molar-refractivity contribution in [3.63, 3.8) is 0 Å². The van der Waals surface area contributed by atoms with E-state index >= 15 is 0 Å². The van der Waals surface area contributed by atoms with Crippen LogP contribution in [0.15, 0.2) is 24.3 Å². The lowest BCUT2D eigenvalue weighted by atomic mass is 9.80. The largest absolute Gasteiger partial charge is 0.481 e. The summed E-state index contributed by atoms with van der Waals surface area (Å²) in [4.78, 5) is 34.0. The minimum atomic E-state index is -1.41. The predicted octanol–water partition coefficient (Wildman–Crippen LogP) is 3.27. The maximum absolute atomic E-state index is 12.1. The molecule has 8 heteroatoms. The van der Waals surface area contributed by atoms with Crippen molar-refractivity contribution in [2.24, 2.45) is 5.41 Å². The third-order valence-electron chi connectivity index (χ3n) is 3.35. The van der Waals surface area contributed by atoms with E-state index in [1.54, 1.807) is 20.8 Å². The number of alkyl carbamates (subject to hydrolysis) is 1. The number of rotatable bonds is 5. The molecule has 1 amide bonds. The first kappa shape index (κ1) is 19.4. The Morgan fingerprint density at radius 3 is 2.29 bits per heavy atom. The summed E-state index contributed by atoms with van der Waals surface area (Å²) in [5.74, 6) is -1.16. The van der Waals surface area contributed by atoms with Crippen molar-refractivity contribution in [1.29, 1.82) is 0 Å². The van der Waals surface area contributed by atoms with Crippen LogP contribution in [0.3, 0.4) is 0 Å².